The molecular formula is C21H26N2O5. The summed E-state index contributed by atoms with van der Waals surface area (Å²) in [6.45, 7) is 1.81. The maximum Gasteiger partial charge on any atom is 0.226 e. The van der Waals surface area contributed by atoms with Gasteiger partial charge in [-0.15, -0.1) is 0 Å². The van der Waals surface area contributed by atoms with E-state index >= 15 is 0 Å². The Labute approximate surface area is 164 Å². The summed E-state index contributed by atoms with van der Waals surface area (Å²) in [5.74, 6) is 2.32. The van der Waals surface area contributed by atoms with Gasteiger partial charge in [-0.2, -0.15) is 0 Å². The summed E-state index contributed by atoms with van der Waals surface area (Å²) >= 11 is 0. The van der Waals surface area contributed by atoms with Gasteiger partial charge in [0.25, 0.3) is 0 Å². The molecule has 1 unspecified atom stereocenters. The first-order valence-corrected chi connectivity index (χ1v) is 9.76. The third-order valence-electron chi connectivity index (χ3n) is 5.27. The number of benzene rings is 1. The van der Waals surface area contributed by atoms with E-state index in [1.807, 2.05) is 29.2 Å². The van der Waals surface area contributed by atoms with Gasteiger partial charge in [0, 0.05) is 25.1 Å². The minimum absolute atomic E-state index is 0.118. The van der Waals surface area contributed by atoms with Crippen LogP contribution in [0.5, 0.6) is 11.5 Å². The lowest BCUT2D eigenvalue weighted by molar-refractivity contribution is -0.134. The Bertz CT molecular complexity index is 824. The summed E-state index contributed by atoms with van der Waals surface area (Å²) in [5.41, 5.74) is 1.48. The van der Waals surface area contributed by atoms with Crippen LogP contribution < -0.4 is 9.47 Å². The molecule has 1 aromatic carbocycles. The van der Waals surface area contributed by atoms with Crippen molar-refractivity contribution < 1.29 is 23.5 Å². The minimum Gasteiger partial charge on any atom is -0.497 e. The number of hydrogen-bond donors (Lipinski definition) is 0. The highest BCUT2D eigenvalue weighted by Gasteiger charge is 2.35. The molecule has 0 spiro atoms. The smallest absolute Gasteiger partial charge is 0.226 e. The zero-order chi connectivity index (χ0) is 19.5. The van der Waals surface area contributed by atoms with Gasteiger partial charge in [-0.1, -0.05) is 5.16 Å². The molecule has 0 N–H and O–H groups in total. The Balaban J connectivity index is 1.53. The van der Waals surface area contributed by atoms with Crippen LogP contribution in [0.15, 0.2) is 28.8 Å². The molecule has 2 fully saturated rings. The SMILES string of the molecule is COc1ccc(OC)c(-c2cc(CN(CC3CCCO3)C(=O)C3CC3)no2)c1. The maximum atomic E-state index is 12.7. The zero-order valence-corrected chi connectivity index (χ0v) is 16.3. The highest BCUT2D eigenvalue weighted by Crippen LogP contribution is 2.35. The summed E-state index contributed by atoms with van der Waals surface area (Å²) in [5, 5.41) is 4.19. The van der Waals surface area contributed by atoms with Crippen LogP contribution in [0, 0.1) is 5.92 Å². The van der Waals surface area contributed by atoms with Crippen molar-refractivity contribution in [2.75, 3.05) is 27.4 Å². The largest absolute Gasteiger partial charge is 0.497 e. The molecule has 150 valence electrons. The minimum atomic E-state index is 0.118. The van der Waals surface area contributed by atoms with Gasteiger partial charge < -0.3 is 23.6 Å². The molecular weight excluding hydrogens is 360 g/mol. The summed E-state index contributed by atoms with van der Waals surface area (Å²) in [7, 11) is 3.23. The van der Waals surface area contributed by atoms with Crippen LogP contribution in [0.1, 0.15) is 31.4 Å². The Hall–Kier alpha value is -2.54. The summed E-state index contributed by atoms with van der Waals surface area (Å²) in [6.07, 6.45) is 4.13. The number of methoxy groups -OCH3 is 2. The van der Waals surface area contributed by atoms with Crippen LogP contribution in [0.4, 0.5) is 0 Å². The molecule has 1 saturated carbocycles. The van der Waals surface area contributed by atoms with Gasteiger partial charge in [-0.05, 0) is 43.9 Å². The molecule has 28 heavy (non-hydrogen) atoms. The van der Waals surface area contributed by atoms with E-state index in [1.165, 1.54) is 0 Å². The van der Waals surface area contributed by atoms with Crippen LogP contribution in [0.3, 0.4) is 0 Å². The first kappa shape index (κ1) is 18.8. The van der Waals surface area contributed by atoms with Crippen LogP contribution >= 0.6 is 0 Å². The Morgan fingerprint density at radius 2 is 2.07 bits per heavy atom. The first-order chi connectivity index (χ1) is 13.7. The second-order valence-corrected chi connectivity index (χ2v) is 7.38. The third kappa shape index (κ3) is 4.14. The number of ether oxygens (including phenoxy) is 3. The predicted molar refractivity (Wildman–Crippen MR) is 102 cm³/mol. The fraction of sp³-hybridized carbons (Fsp3) is 0.524. The van der Waals surface area contributed by atoms with Crippen LogP contribution in [-0.4, -0.2) is 49.4 Å². The molecule has 4 rings (SSSR count). The molecule has 7 nitrogen and oxygen atoms in total. The maximum absolute atomic E-state index is 12.7. The molecule has 1 aliphatic carbocycles. The van der Waals surface area contributed by atoms with Crippen molar-refractivity contribution in [1.29, 1.82) is 0 Å². The third-order valence-corrected chi connectivity index (χ3v) is 5.27. The Kier molecular flexibility index (Phi) is 5.52. The second-order valence-electron chi connectivity index (χ2n) is 7.38. The number of nitrogens with zero attached hydrogens (tertiary/aromatic N) is 2. The van der Waals surface area contributed by atoms with E-state index in [1.54, 1.807) is 14.2 Å². The van der Waals surface area contributed by atoms with Crippen LogP contribution in [0.25, 0.3) is 11.3 Å². The average Bonchev–Trinajstić information content (AvgIpc) is 3.25. The van der Waals surface area contributed by atoms with Crippen molar-refractivity contribution in [1.82, 2.24) is 10.1 Å². The molecule has 2 aliphatic rings. The topological polar surface area (TPSA) is 74.0 Å². The van der Waals surface area contributed by atoms with Gasteiger partial charge in [0.15, 0.2) is 5.76 Å². The van der Waals surface area contributed by atoms with Gasteiger partial charge in [0.05, 0.1) is 32.4 Å². The lowest BCUT2D eigenvalue weighted by Crippen LogP contribution is -2.37. The van der Waals surface area contributed by atoms with E-state index in [9.17, 15) is 4.79 Å². The summed E-state index contributed by atoms with van der Waals surface area (Å²) < 4.78 is 22.0. The van der Waals surface area contributed by atoms with E-state index < -0.39 is 0 Å². The molecule has 1 aliphatic heterocycles. The van der Waals surface area contributed by atoms with Gasteiger partial charge in [0.2, 0.25) is 5.91 Å². The molecule has 1 saturated heterocycles. The van der Waals surface area contributed by atoms with Gasteiger partial charge in [-0.3, -0.25) is 4.79 Å². The van der Waals surface area contributed by atoms with Crippen molar-refractivity contribution in [3.05, 3.63) is 30.0 Å². The Morgan fingerprint density at radius 3 is 2.75 bits per heavy atom. The summed E-state index contributed by atoms with van der Waals surface area (Å²) in [6, 6.07) is 7.37. The normalized spacial score (nSPS) is 18.9. The molecule has 1 aromatic heterocycles. The van der Waals surface area contributed by atoms with Gasteiger partial charge in [0.1, 0.15) is 17.2 Å². The van der Waals surface area contributed by atoms with Gasteiger partial charge in [-0.25, -0.2) is 0 Å². The molecule has 0 radical (unpaired) electrons. The summed E-state index contributed by atoms with van der Waals surface area (Å²) in [4.78, 5) is 14.6. The zero-order valence-electron chi connectivity index (χ0n) is 16.3. The van der Waals surface area contributed by atoms with Crippen molar-refractivity contribution >= 4 is 5.91 Å². The van der Waals surface area contributed by atoms with Crippen LogP contribution in [-0.2, 0) is 16.1 Å². The fourth-order valence-corrected chi connectivity index (χ4v) is 3.57. The lowest BCUT2D eigenvalue weighted by Gasteiger charge is -2.24. The van der Waals surface area contributed by atoms with Crippen molar-refractivity contribution in [3.63, 3.8) is 0 Å². The van der Waals surface area contributed by atoms with Crippen molar-refractivity contribution in [3.8, 4) is 22.8 Å². The van der Waals surface area contributed by atoms with E-state index in [0.29, 0.717) is 36.0 Å². The van der Waals surface area contributed by atoms with E-state index in [4.69, 9.17) is 18.7 Å². The molecule has 1 amide bonds. The highest BCUT2D eigenvalue weighted by atomic mass is 16.5. The number of hydrogen-bond acceptors (Lipinski definition) is 6. The van der Waals surface area contributed by atoms with E-state index in [-0.39, 0.29) is 17.9 Å². The number of carbonyl (C=O) groups is 1. The molecule has 1 atom stereocenters. The number of rotatable bonds is 8. The highest BCUT2D eigenvalue weighted by molar-refractivity contribution is 5.81. The van der Waals surface area contributed by atoms with Gasteiger partial charge >= 0.3 is 0 Å². The van der Waals surface area contributed by atoms with Crippen LogP contribution in [0.2, 0.25) is 0 Å². The molecule has 7 heteroatoms. The monoisotopic (exact) mass is 386 g/mol. The number of amides is 1. The number of aromatic nitrogens is 1. The molecule has 2 heterocycles. The first-order valence-electron chi connectivity index (χ1n) is 9.76. The van der Waals surface area contributed by atoms with E-state index in [2.05, 4.69) is 5.16 Å². The quantitative estimate of drug-likeness (QED) is 0.693. The number of carbonyl (C=O) groups excluding carboxylic acids is 1. The molecule has 0 bridgehead atoms. The standard InChI is InChI=1S/C21H26N2O5/c1-25-16-7-8-19(26-2)18(11-16)20-10-15(22-28-20)12-23(21(24)14-5-6-14)13-17-4-3-9-27-17/h7-8,10-11,14,17H,3-6,9,12-13H2,1-2H3. The second kappa shape index (κ2) is 8.22. The average molecular weight is 386 g/mol. The fourth-order valence-electron chi connectivity index (χ4n) is 3.57. The molecule has 2 aromatic rings. The lowest BCUT2D eigenvalue weighted by atomic mass is 10.1. The van der Waals surface area contributed by atoms with Crippen molar-refractivity contribution in [2.45, 2.75) is 38.3 Å². The van der Waals surface area contributed by atoms with Crippen molar-refractivity contribution in [2.24, 2.45) is 5.92 Å². The predicted octanol–water partition coefficient (Wildman–Crippen LogP) is 3.28. The Morgan fingerprint density at radius 1 is 1.21 bits per heavy atom. The van der Waals surface area contributed by atoms with E-state index in [0.717, 1.165) is 37.9 Å².